The van der Waals surface area contributed by atoms with Crippen molar-refractivity contribution in [1.29, 1.82) is 0 Å². The Morgan fingerprint density at radius 2 is 1.81 bits per heavy atom. The number of hydrogen-bond donors (Lipinski definition) is 0. The largest absolute Gasteiger partial charge is 0.463 e. The second-order valence-electron chi connectivity index (χ2n) is 4.63. The van der Waals surface area contributed by atoms with Gasteiger partial charge in [0.05, 0.1) is 6.10 Å². The van der Waals surface area contributed by atoms with Crippen LogP contribution in [0, 0.1) is 5.92 Å². The van der Waals surface area contributed by atoms with E-state index in [1.165, 1.54) is 0 Å². The molecule has 1 unspecified atom stereocenters. The molecule has 0 aliphatic heterocycles. The molecule has 0 aromatic rings. The van der Waals surface area contributed by atoms with E-state index in [0.717, 1.165) is 32.0 Å². The van der Waals surface area contributed by atoms with Crippen molar-refractivity contribution >= 4 is 12.3 Å². The zero-order valence-corrected chi connectivity index (χ0v) is 10.7. The van der Waals surface area contributed by atoms with Crippen LogP contribution in [0.5, 0.6) is 0 Å². The van der Waals surface area contributed by atoms with Gasteiger partial charge in [-0.15, -0.1) is 0 Å². The van der Waals surface area contributed by atoms with E-state index in [2.05, 4.69) is 6.92 Å². The Hall–Kier alpha value is -0.860. The predicted octanol–water partition coefficient (Wildman–Crippen LogP) is 3.11. The first-order chi connectivity index (χ1) is 7.56. The number of ether oxygens (including phenoxy) is 1. The minimum atomic E-state index is -0.102. The minimum absolute atomic E-state index is 0.0162. The van der Waals surface area contributed by atoms with Crippen LogP contribution in [0.25, 0.3) is 0 Å². The second kappa shape index (κ2) is 9.37. The lowest BCUT2D eigenvalue weighted by Gasteiger charge is -2.11. The Bertz CT molecular complexity index is 199. The van der Waals surface area contributed by atoms with Gasteiger partial charge in [-0.1, -0.05) is 19.8 Å². The zero-order chi connectivity index (χ0) is 12.4. The van der Waals surface area contributed by atoms with E-state index < -0.39 is 0 Å². The standard InChI is InChI=1S/C13H24O3/c1-11(2)16-13(15)9-6-8-12(3)7-4-5-10-14/h10-12H,4-9H2,1-3H3. The quantitative estimate of drug-likeness (QED) is 0.346. The molecule has 0 amide bonds. The molecule has 0 aliphatic rings. The minimum Gasteiger partial charge on any atom is -0.463 e. The van der Waals surface area contributed by atoms with Gasteiger partial charge in [-0.3, -0.25) is 4.79 Å². The molecule has 0 aromatic heterocycles. The van der Waals surface area contributed by atoms with Crippen molar-refractivity contribution in [2.75, 3.05) is 0 Å². The molecule has 0 rings (SSSR count). The topological polar surface area (TPSA) is 43.4 Å². The monoisotopic (exact) mass is 228 g/mol. The fourth-order valence-electron chi connectivity index (χ4n) is 1.61. The lowest BCUT2D eigenvalue weighted by atomic mass is 9.98. The van der Waals surface area contributed by atoms with Gasteiger partial charge < -0.3 is 9.53 Å². The molecular weight excluding hydrogens is 204 g/mol. The lowest BCUT2D eigenvalue weighted by Crippen LogP contribution is -2.11. The van der Waals surface area contributed by atoms with E-state index in [-0.39, 0.29) is 12.1 Å². The third-order valence-corrected chi connectivity index (χ3v) is 2.46. The van der Waals surface area contributed by atoms with Crippen LogP contribution in [0.2, 0.25) is 0 Å². The molecule has 3 heteroatoms. The third kappa shape index (κ3) is 9.69. The first-order valence-corrected chi connectivity index (χ1v) is 6.19. The predicted molar refractivity (Wildman–Crippen MR) is 64.2 cm³/mol. The van der Waals surface area contributed by atoms with Crippen molar-refractivity contribution in [2.24, 2.45) is 5.92 Å². The third-order valence-electron chi connectivity index (χ3n) is 2.46. The number of esters is 1. The summed E-state index contributed by atoms with van der Waals surface area (Å²) in [4.78, 5) is 21.4. The van der Waals surface area contributed by atoms with Gasteiger partial charge in [-0.2, -0.15) is 0 Å². The first-order valence-electron chi connectivity index (χ1n) is 6.19. The van der Waals surface area contributed by atoms with Crippen LogP contribution in [0.1, 0.15) is 59.3 Å². The highest BCUT2D eigenvalue weighted by Crippen LogP contribution is 2.15. The SMILES string of the molecule is CC(CCCC=O)CCCC(=O)OC(C)C. The molecule has 1 atom stereocenters. The fraction of sp³-hybridized carbons (Fsp3) is 0.846. The molecule has 0 N–H and O–H groups in total. The summed E-state index contributed by atoms with van der Waals surface area (Å²) in [7, 11) is 0. The normalized spacial score (nSPS) is 12.5. The van der Waals surface area contributed by atoms with Gasteiger partial charge in [0.2, 0.25) is 0 Å². The summed E-state index contributed by atoms with van der Waals surface area (Å²) >= 11 is 0. The highest BCUT2D eigenvalue weighted by atomic mass is 16.5. The molecule has 0 fully saturated rings. The maximum absolute atomic E-state index is 11.2. The molecule has 0 aromatic carbocycles. The average Bonchev–Trinajstić information content (AvgIpc) is 2.17. The van der Waals surface area contributed by atoms with E-state index in [9.17, 15) is 9.59 Å². The van der Waals surface area contributed by atoms with Gasteiger partial charge in [-0.05, 0) is 32.6 Å². The molecule has 0 saturated heterocycles. The van der Waals surface area contributed by atoms with Gasteiger partial charge >= 0.3 is 5.97 Å². The Morgan fingerprint density at radius 1 is 1.19 bits per heavy atom. The highest BCUT2D eigenvalue weighted by Gasteiger charge is 2.07. The lowest BCUT2D eigenvalue weighted by molar-refractivity contribution is -0.147. The summed E-state index contributed by atoms with van der Waals surface area (Å²) in [5.74, 6) is 0.488. The summed E-state index contributed by atoms with van der Waals surface area (Å²) < 4.78 is 5.05. The average molecular weight is 228 g/mol. The van der Waals surface area contributed by atoms with Gasteiger partial charge in [0.25, 0.3) is 0 Å². The molecule has 16 heavy (non-hydrogen) atoms. The van der Waals surface area contributed by atoms with Crippen LogP contribution in [0.15, 0.2) is 0 Å². The molecular formula is C13H24O3. The molecule has 3 nitrogen and oxygen atoms in total. The summed E-state index contributed by atoms with van der Waals surface area (Å²) in [5, 5.41) is 0. The van der Waals surface area contributed by atoms with Crippen LogP contribution in [0.3, 0.4) is 0 Å². The van der Waals surface area contributed by atoms with Crippen molar-refractivity contribution in [3.8, 4) is 0 Å². The van der Waals surface area contributed by atoms with Crippen molar-refractivity contribution in [3.63, 3.8) is 0 Å². The van der Waals surface area contributed by atoms with Gasteiger partial charge in [0, 0.05) is 12.8 Å². The molecule has 0 radical (unpaired) electrons. The summed E-state index contributed by atoms with van der Waals surface area (Å²) in [6, 6.07) is 0. The number of aldehydes is 1. The molecule has 0 aliphatic carbocycles. The second-order valence-corrected chi connectivity index (χ2v) is 4.63. The van der Waals surface area contributed by atoms with Gasteiger partial charge in [0.1, 0.15) is 6.29 Å². The fourth-order valence-corrected chi connectivity index (χ4v) is 1.61. The molecule has 0 heterocycles. The maximum Gasteiger partial charge on any atom is 0.306 e. The summed E-state index contributed by atoms with van der Waals surface area (Å²) in [6.07, 6.45) is 6.05. The van der Waals surface area contributed by atoms with Crippen LogP contribution in [0.4, 0.5) is 0 Å². The Morgan fingerprint density at radius 3 is 2.38 bits per heavy atom. The number of unbranched alkanes of at least 4 members (excludes halogenated alkanes) is 1. The molecule has 0 spiro atoms. The van der Waals surface area contributed by atoms with Crippen molar-refractivity contribution in [1.82, 2.24) is 0 Å². The summed E-state index contributed by atoms with van der Waals surface area (Å²) in [6.45, 7) is 5.89. The van der Waals surface area contributed by atoms with Crippen molar-refractivity contribution in [2.45, 2.75) is 65.4 Å². The number of carbonyl (C=O) groups excluding carboxylic acids is 2. The smallest absolute Gasteiger partial charge is 0.306 e. The first kappa shape index (κ1) is 15.1. The van der Waals surface area contributed by atoms with E-state index in [4.69, 9.17) is 4.74 Å². The van der Waals surface area contributed by atoms with Gasteiger partial charge in [0.15, 0.2) is 0 Å². The van der Waals surface area contributed by atoms with Crippen molar-refractivity contribution < 1.29 is 14.3 Å². The van der Waals surface area contributed by atoms with E-state index in [1.807, 2.05) is 13.8 Å². The van der Waals surface area contributed by atoms with Crippen LogP contribution in [-0.4, -0.2) is 18.4 Å². The van der Waals surface area contributed by atoms with E-state index in [1.54, 1.807) is 0 Å². The number of rotatable bonds is 9. The van der Waals surface area contributed by atoms with Crippen molar-refractivity contribution in [3.05, 3.63) is 0 Å². The number of hydrogen-bond acceptors (Lipinski definition) is 3. The van der Waals surface area contributed by atoms with Crippen LogP contribution >= 0.6 is 0 Å². The Kier molecular flexibility index (Phi) is 8.87. The zero-order valence-electron chi connectivity index (χ0n) is 10.7. The van der Waals surface area contributed by atoms with E-state index >= 15 is 0 Å². The van der Waals surface area contributed by atoms with Gasteiger partial charge in [-0.25, -0.2) is 0 Å². The van der Waals surface area contributed by atoms with Crippen LogP contribution < -0.4 is 0 Å². The Balaban J connectivity index is 3.42. The van der Waals surface area contributed by atoms with Crippen LogP contribution in [-0.2, 0) is 14.3 Å². The molecule has 0 saturated carbocycles. The number of carbonyl (C=O) groups is 2. The molecule has 0 bridgehead atoms. The Labute approximate surface area is 98.6 Å². The highest BCUT2D eigenvalue weighted by molar-refractivity contribution is 5.69. The molecule has 94 valence electrons. The maximum atomic E-state index is 11.2. The summed E-state index contributed by atoms with van der Waals surface area (Å²) in [5.41, 5.74) is 0. The van der Waals surface area contributed by atoms with E-state index in [0.29, 0.717) is 18.8 Å².